The van der Waals surface area contributed by atoms with Crippen LogP contribution in [0.5, 0.6) is 0 Å². The van der Waals surface area contributed by atoms with Gasteiger partial charge in [-0.05, 0) is 6.42 Å². The normalized spacial score (nSPS) is 11.8. The van der Waals surface area contributed by atoms with Crippen molar-refractivity contribution in [3.05, 3.63) is 30.1 Å². The fourth-order valence-electron chi connectivity index (χ4n) is 2.41. The summed E-state index contributed by atoms with van der Waals surface area (Å²) >= 11 is 0. The molecule has 5 heteroatoms. The van der Waals surface area contributed by atoms with E-state index in [9.17, 15) is 4.89 Å². The monoisotopic (exact) mass is 314 g/mol. The zero-order valence-electron chi connectivity index (χ0n) is 13.1. The maximum absolute atomic E-state index is 10.9. The average molecular weight is 314 g/mol. The van der Waals surface area contributed by atoms with E-state index in [1.807, 2.05) is 12.4 Å². The van der Waals surface area contributed by atoms with Crippen LogP contribution in [0.1, 0.15) is 63.9 Å². The van der Waals surface area contributed by atoms with E-state index in [0.29, 0.717) is 5.56 Å². The molecule has 0 spiro atoms. The Morgan fingerprint density at radius 2 is 1.48 bits per heavy atom. The van der Waals surface area contributed by atoms with Crippen LogP contribution in [0, 0.1) is 0 Å². The summed E-state index contributed by atoms with van der Waals surface area (Å²) in [5.74, 6) is 0. The summed E-state index contributed by atoms with van der Waals surface area (Å²) in [5.41, 5.74) is 0.690. The Balaban J connectivity index is 2.13. The lowest BCUT2D eigenvalue weighted by Crippen LogP contribution is -2.32. The summed E-state index contributed by atoms with van der Waals surface area (Å²) in [6.45, 7) is 3.22. The van der Waals surface area contributed by atoms with E-state index >= 15 is 0 Å². The highest BCUT2D eigenvalue weighted by Gasteiger charge is 2.19. The van der Waals surface area contributed by atoms with Crippen LogP contribution in [0.4, 0.5) is 0 Å². The number of pyridine rings is 1. The van der Waals surface area contributed by atoms with E-state index in [0.717, 1.165) is 13.0 Å². The van der Waals surface area contributed by atoms with Gasteiger partial charge in [0.15, 0.2) is 12.4 Å². The highest BCUT2D eigenvalue weighted by atomic mass is 31.2. The zero-order chi connectivity index (χ0) is 15.6. The van der Waals surface area contributed by atoms with E-state index in [1.165, 1.54) is 44.9 Å². The first-order chi connectivity index (χ1) is 10.0. The second kappa shape index (κ2) is 10.2. The van der Waals surface area contributed by atoms with Crippen LogP contribution in [-0.4, -0.2) is 9.79 Å². The number of rotatable bonds is 11. The third-order valence-electron chi connectivity index (χ3n) is 3.62. The van der Waals surface area contributed by atoms with Gasteiger partial charge in [-0.2, -0.15) is 0 Å². The Kier molecular flexibility index (Phi) is 9.02. The molecule has 21 heavy (non-hydrogen) atoms. The van der Waals surface area contributed by atoms with Gasteiger partial charge in [-0.1, -0.05) is 45.4 Å². The largest absolute Gasteiger partial charge is 0.632 e. The van der Waals surface area contributed by atoms with Gasteiger partial charge in [0.05, 0.1) is 0 Å². The van der Waals surface area contributed by atoms with E-state index in [1.54, 1.807) is 12.1 Å². The molecule has 0 aliphatic rings. The van der Waals surface area contributed by atoms with Gasteiger partial charge in [-0.3, -0.25) is 0 Å². The van der Waals surface area contributed by atoms with Crippen LogP contribution < -0.4 is 9.46 Å². The van der Waals surface area contributed by atoms with Gasteiger partial charge in [0.1, 0.15) is 12.7 Å². The van der Waals surface area contributed by atoms with Crippen molar-refractivity contribution >= 4 is 7.94 Å². The highest BCUT2D eigenvalue weighted by molar-refractivity contribution is 7.56. The highest BCUT2D eigenvalue weighted by Crippen LogP contribution is 2.42. The van der Waals surface area contributed by atoms with Gasteiger partial charge in [-0.25, -0.2) is 14.4 Å². The second-order valence-electron chi connectivity index (χ2n) is 5.74. The lowest BCUT2D eigenvalue weighted by Gasteiger charge is -2.14. The molecule has 1 heterocycles. The fourth-order valence-corrected chi connectivity index (χ4v) is 3.10. The third-order valence-corrected chi connectivity index (χ3v) is 4.40. The predicted molar refractivity (Wildman–Crippen MR) is 84.3 cm³/mol. The van der Waals surface area contributed by atoms with Crippen LogP contribution in [0.15, 0.2) is 24.5 Å². The minimum absolute atomic E-state index is 0.175. The Morgan fingerprint density at radius 3 is 2.00 bits per heavy atom. The molecule has 0 unspecified atom stereocenters. The minimum Gasteiger partial charge on any atom is -0.632 e. The molecular formula is C16H29NO3P+. The van der Waals surface area contributed by atoms with Gasteiger partial charge in [0.2, 0.25) is 7.94 Å². The van der Waals surface area contributed by atoms with Crippen molar-refractivity contribution in [1.82, 2.24) is 0 Å². The van der Waals surface area contributed by atoms with Crippen molar-refractivity contribution in [2.75, 3.05) is 0 Å². The Hall–Kier alpha value is -0.540. The van der Waals surface area contributed by atoms with Crippen LogP contribution in [0.2, 0.25) is 0 Å². The fraction of sp³-hybridized carbons (Fsp3) is 0.688. The third kappa shape index (κ3) is 9.92. The topological polar surface area (TPSA) is 67.4 Å². The molecule has 0 bridgehead atoms. The number of unbranched alkanes of at least 4 members (excludes halogenated alkanes) is 7. The molecule has 0 fully saturated rings. The summed E-state index contributed by atoms with van der Waals surface area (Å²) in [6.07, 6.45) is 14.1. The minimum atomic E-state index is -3.95. The smallest absolute Gasteiger partial charge is 0.234 e. The molecule has 0 saturated heterocycles. The number of hydrogen-bond acceptors (Lipinski definition) is 3. The van der Waals surface area contributed by atoms with Gasteiger partial charge < -0.3 is 4.89 Å². The van der Waals surface area contributed by atoms with Crippen LogP contribution in [-0.2, 0) is 12.7 Å². The number of hydrogen-bond donors (Lipinski definition) is 2. The molecule has 0 aliphatic heterocycles. The Labute approximate surface area is 129 Å². The molecule has 0 aromatic carbocycles. The molecule has 1 rings (SSSR count). The van der Waals surface area contributed by atoms with Gasteiger partial charge >= 0.3 is 0 Å². The van der Waals surface area contributed by atoms with Crippen molar-refractivity contribution < 1.29 is 19.2 Å². The van der Waals surface area contributed by atoms with Gasteiger partial charge in [0, 0.05) is 24.1 Å². The molecule has 1 aromatic rings. The molecule has 0 atom stereocenters. The standard InChI is InChI=1S/C16H28NO3P/c1-2-3-4-5-6-7-8-9-12-17-13-10-16(11-14-17)15-21(18,19)20/h10-11,13-14H,2-9,12,15H2,1H3,(H-,18,19,20)/p+1. The number of aryl methyl sites for hydroxylation is 1. The molecule has 2 N–H and O–H groups in total. The molecule has 0 saturated carbocycles. The summed E-state index contributed by atoms with van der Waals surface area (Å²) in [7, 11) is -3.95. The van der Waals surface area contributed by atoms with E-state index in [2.05, 4.69) is 11.5 Å². The first-order valence-corrected chi connectivity index (χ1v) is 9.83. The van der Waals surface area contributed by atoms with Crippen molar-refractivity contribution in [1.29, 1.82) is 0 Å². The SMILES string of the molecule is CCCCCCCCCC[n+]1ccc(C[P+]([O-])(O)O)cc1. The van der Waals surface area contributed by atoms with Crippen molar-refractivity contribution in [3.63, 3.8) is 0 Å². The quantitative estimate of drug-likeness (QED) is 0.375. The molecular weight excluding hydrogens is 285 g/mol. The molecule has 0 aliphatic carbocycles. The van der Waals surface area contributed by atoms with E-state index in [4.69, 9.17) is 9.79 Å². The first-order valence-electron chi connectivity index (χ1n) is 8.04. The summed E-state index contributed by atoms with van der Waals surface area (Å²) in [4.78, 5) is 28.8. The number of aromatic nitrogens is 1. The maximum Gasteiger partial charge on any atom is 0.234 e. The first kappa shape index (κ1) is 18.5. The summed E-state index contributed by atoms with van der Waals surface area (Å²) in [5, 5.41) is 0. The van der Waals surface area contributed by atoms with Crippen molar-refractivity contribution in [3.8, 4) is 0 Å². The van der Waals surface area contributed by atoms with Crippen LogP contribution >= 0.6 is 7.94 Å². The van der Waals surface area contributed by atoms with Crippen molar-refractivity contribution in [2.45, 2.75) is 71.0 Å². The molecule has 0 radical (unpaired) electrons. The van der Waals surface area contributed by atoms with Crippen molar-refractivity contribution in [2.24, 2.45) is 0 Å². The molecule has 1 aromatic heterocycles. The summed E-state index contributed by atoms with van der Waals surface area (Å²) < 4.78 is 2.08. The second-order valence-corrected chi connectivity index (χ2v) is 7.39. The molecule has 0 amide bonds. The van der Waals surface area contributed by atoms with Gasteiger partial charge in [0.25, 0.3) is 0 Å². The van der Waals surface area contributed by atoms with E-state index < -0.39 is 7.94 Å². The zero-order valence-corrected chi connectivity index (χ0v) is 14.0. The van der Waals surface area contributed by atoms with E-state index in [-0.39, 0.29) is 6.16 Å². The average Bonchev–Trinajstić information content (AvgIpc) is 2.42. The maximum atomic E-state index is 10.9. The van der Waals surface area contributed by atoms with Crippen LogP contribution in [0.3, 0.4) is 0 Å². The predicted octanol–water partition coefficient (Wildman–Crippen LogP) is 2.72. The Morgan fingerprint density at radius 1 is 0.952 bits per heavy atom. The number of nitrogens with zero attached hydrogens (tertiary/aromatic N) is 1. The van der Waals surface area contributed by atoms with Gasteiger partial charge in [-0.15, -0.1) is 0 Å². The Bertz CT molecular complexity index is 376. The summed E-state index contributed by atoms with van der Waals surface area (Å²) in [6, 6.07) is 3.59. The lowest BCUT2D eigenvalue weighted by atomic mass is 10.1. The molecule has 4 nitrogen and oxygen atoms in total. The molecule has 120 valence electrons. The van der Waals surface area contributed by atoms with Crippen LogP contribution in [0.25, 0.3) is 0 Å². The lowest BCUT2D eigenvalue weighted by molar-refractivity contribution is -0.697.